The first-order valence-corrected chi connectivity index (χ1v) is 7.05. The molecule has 1 saturated heterocycles. The molecule has 7 nitrogen and oxygen atoms in total. The van der Waals surface area contributed by atoms with Crippen LogP contribution < -0.4 is 14.2 Å². The zero-order valence-corrected chi connectivity index (χ0v) is 13.0. The zero-order valence-electron chi connectivity index (χ0n) is 13.0. The number of cyclic esters (lactones) is 2. The maximum atomic E-state index is 12.0. The molecule has 2 aliphatic rings. The molecule has 0 amide bonds. The summed E-state index contributed by atoms with van der Waals surface area (Å²) in [6.07, 6.45) is 1.36. The molecule has 0 bridgehead atoms. The lowest BCUT2D eigenvalue weighted by atomic mass is 10.1. The Morgan fingerprint density at radius 2 is 1.61 bits per heavy atom. The predicted octanol–water partition coefficient (Wildman–Crippen LogP) is 1.69. The van der Waals surface area contributed by atoms with E-state index in [0.29, 0.717) is 36.0 Å². The van der Waals surface area contributed by atoms with Crippen molar-refractivity contribution in [3.8, 4) is 17.2 Å². The van der Waals surface area contributed by atoms with Crippen molar-refractivity contribution in [3.63, 3.8) is 0 Å². The lowest BCUT2D eigenvalue weighted by Crippen LogP contribution is -2.41. The van der Waals surface area contributed by atoms with Crippen molar-refractivity contribution in [2.75, 3.05) is 20.3 Å². The van der Waals surface area contributed by atoms with E-state index in [1.165, 1.54) is 27.0 Å². The largest absolute Gasteiger partial charge is 0.496 e. The van der Waals surface area contributed by atoms with Gasteiger partial charge < -0.3 is 23.7 Å². The molecule has 7 heteroatoms. The van der Waals surface area contributed by atoms with Crippen molar-refractivity contribution in [3.05, 3.63) is 23.3 Å². The van der Waals surface area contributed by atoms with Gasteiger partial charge in [0.05, 0.1) is 7.11 Å². The Morgan fingerprint density at radius 3 is 2.17 bits per heavy atom. The standard InChI is InChI=1S/C16H16O7/c1-16(2)22-14(17)10(15(18)23-16)6-9-7-12-13(8-11(9)19-3)21-5-4-20-12/h6-8H,4-5H2,1-3H3. The average molecular weight is 320 g/mol. The third-order valence-electron chi connectivity index (χ3n) is 3.31. The van der Waals surface area contributed by atoms with Gasteiger partial charge >= 0.3 is 11.9 Å². The summed E-state index contributed by atoms with van der Waals surface area (Å²) in [6.45, 7) is 3.85. The van der Waals surface area contributed by atoms with E-state index >= 15 is 0 Å². The molecule has 1 aromatic carbocycles. The van der Waals surface area contributed by atoms with Crippen molar-refractivity contribution in [2.45, 2.75) is 19.6 Å². The minimum absolute atomic E-state index is 0.209. The Hall–Kier alpha value is -2.70. The minimum atomic E-state index is -1.28. The fraction of sp³-hybridized carbons (Fsp3) is 0.375. The van der Waals surface area contributed by atoms with Crippen LogP contribution in [0.25, 0.3) is 6.08 Å². The maximum Gasteiger partial charge on any atom is 0.348 e. The lowest BCUT2D eigenvalue weighted by Gasteiger charge is -2.29. The molecule has 23 heavy (non-hydrogen) atoms. The first-order valence-electron chi connectivity index (χ1n) is 7.05. The normalized spacial score (nSPS) is 18.8. The molecule has 0 aromatic heterocycles. The first-order chi connectivity index (χ1) is 10.9. The Labute approximate surface area is 132 Å². The average Bonchev–Trinajstić information content (AvgIpc) is 2.49. The molecule has 2 heterocycles. The lowest BCUT2D eigenvalue weighted by molar-refractivity contribution is -0.222. The van der Waals surface area contributed by atoms with Crippen LogP contribution in [-0.2, 0) is 19.1 Å². The molecular formula is C16H16O7. The second-order valence-corrected chi connectivity index (χ2v) is 5.47. The minimum Gasteiger partial charge on any atom is -0.496 e. The summed E-state index contributed by atoms with van der Waals surface area (Å²) in [5.41, 5.74) is 0.277. The van der Waals surface area contributed by atoms with E-state index in [2.05, 4.69) is 0 Å². The highest BCUT2D eigenvalue weighted by atomic mass is 16.7. The van der Waals surface area contributed by atoms with E-state index in [0.717, 1.165) is 0 Å². The van der Waals surface area contributed by atoms with Gasteiger partial charge in [-0.2, -0.15) is 0 Å². The molecule has 0 radical (unpaired) electrons. The van der Waals surface area contributed by atoms with E-state index in [-0.39, 0.29) is 5.57 Å². The van der Waals surface area contributed by atoms with Gasteiger partial charge in [0.15, 0.2) is 11.5 Å². The van der Waals surface area contributed by atoms with Crippen molar-refractivity contribution in [1.29, 1.82) is 0 Å². The monoisotopic (exact) mass is 320 g/mol. The molecular weight excluding hydrogens is 304 g/mol. The Morgan fingerprint density at radius 1 is 1.04 bits per heavy atom. The van der Waals surface area contributed by atoms with Crippen LogP contribution in [0.4, 0.5) is 0 Å². The Kier molecular flexibility index (Phi) is 3.63. The zero-order chi connectivity index (χ0) is 16.6. The Balaban J connectivity index is 2.01. The van der Waals surface area contributed by atoms with Gasteiger partial charge in [-0.05, 0) is 12.1 Å². The predicted molar refractivity (Wildman–Crippen MR) is 78.2 cm³/mol. The van der Waals surface area contributed by atoms with E-state index in [1.54, 1.807) is 12.1 Å². The van der Waals surface area contributed by atoms with Gasteiger partial charge in [0, 0.05) is 25.5 Å². The van der Waals surface area contributed by atoms with Gasteiger partial charge in [-0.1, -0.05) is 0 Å². The molecule has 0 atom stereocenters. The molecule has 3 rings (SSSR count). The van der Waals surface area contributed by atoms with E-state index in [4.69, 9.17) is 23.7 Å². The van der Waals surface area contributed by atoms with Gasteiger partial charge in [-0.25, -0.2) is 9.59 Å². The van der Waals surface area contributed by atoms with Gasteiger partial charge in [0.25, 0.3) is 5.79 Å². The van der Waals surface area contributed by atoms with Crippen LogP contribution in [0.15, 0.2) is 17.7 Å². The highest BCUT2D eigenvalue weighted by Gasteiger charge is 2.39. The fourth-order valence-electron chi connectivity index (χ4n) is 2.31. The number of fused-ring (bicyclic) bond motifs is 1. The molecule has 0 unspecified atom stereocenters. The molecule has 0 spiro atoms. The van der Waals surface area contributed by atoms with Gasteiger partial charge in [-0.3, -0.25) is 0 Å². The van der Waals surface area contributed by atoms with Crippen molar-refractivity contribution < 1.29 is 33.3 Å². The van der Waals surface area contributed by atoms with Crippen molar-refractivity contribution in [1.82, 2.24) is 0 Å². The van der Waals surface area contributed by atoms with E-state index in [9.17, 15) is 9.59 Å². The van der Waals surface area contributed by atoms with Gasteiger partial charge in [0.1, 0.15) is 24.5 Å². The second kappa shape index (κ2) is 5.49. The van der Waals surface area contributed by atoms with Crippen LogP contribution >= 0.6 is 0 Å². The molecule has 0 aliphatic carbocycles. The number of carbonyl (C=O) groups is 2. The fourth-order valence-corrected chi connectivity index (χ4v) is 2.31. The molecule has 1 fully saturated rings. The van der Waals surface area contributed by atoms with Crippen LogP contribution in [-0.4, -0.2) is 38.0 Å². The highest BCUT2D eigenvalue weighted by Crippen LogP contribution is 2.38. The van der Waals surface area contributed by atoms with Crippen molar-refractivity contribution in [2.24, 2.45) is 0 Å². The summed E-state index contributed by atoms with van der Waals surface area (Å²) in [4.78, 5) is 24.0. The van der Waals surface area contributed by atoms with Crippen LogP contribution in [0.5, 0.6) is 17.2 Å². The SMILES string of the molecule is COc1cc2c(cc1C=C1C(=O)OC(C)(C)OC1=O)OCCO2. The number of hydrogen-bond donors (Lipinski definition) is 0. The number of hydrogen-bond acceptors (Lipinski definition) is 7. The summed E-state index contributed by atoms with van der Waals surface area (Å²) < 4.78 is 26.4. The van der Waals surface area contributed by atoms with Crippen LogP contribution in [0.1, 0.15) is 19.4 Å². The molecule has 0 N–H and O–H groups in total. The number of benzene rings is 1. The number of rotatable bonds is 2. The van der Waals surface area contributed by atoms with E-state index in [1.807, 2.05) is 0 Å². The van der Waals surface area contributed by atoms with Crippen LogP contribution in [0.3, 0.4) is 0 Å². The quantitative estimate of drug-likeness (QED) is 0.466. The number of carbonyl (C=O) groups excluding carboxylic acids is 2. The molecule has 2 aliphatic heterocycles. The smallest absolute Gasteiger partial charge is 0.348 e. The first kappa shape index (κ1) is 15.2. The van der Waals surface area contributed by atoms with E-state index < -0.39 is 17.7 Å². The second-order valence-electron chi connectivity index (χ2n) is 5.47. The van der Waals surface area contributed by atoms with Crippen LogP contribution in [0, 0.1) is 0 Å². The number of esters is 2. The molecule has 1 aromatic rings. The van der Waals surface area contributed by atoms with Crippen LogP contribution in [0.2, 0.25) is 0 Å². The summed E-state index contributed by atoms with van der Waals surface area (Å²) in [5, 5.41) is 0. The number of methoxy groups -OCH3 is 1. The maximum absolute atomic E-state index is 12.0. The summed E-state index contributed by atoms with van der Waals surface area (Å²) >= 11 is 0. The summed E-state index contributed by atoms with van der Waals surface area (Å²) in [7, 11) is 1.48. The topological polar surface area (TPSA) is 80.3 Å². The van der Waals surface area contributed by atoms with Crippen molar-refractivity contribution >= 4 is 18.0 Å². The Bertz CT molecular complexity index is 681. The highest BCUT2D eigenvalue weighted by molar-refractivity contribution is 6.19. The number of ether oxygens (including phenoxy) is 5. The third-order valence-corrected chi connectivity index (χ3v) is 3.31. The molecule has 0 saturated carbocycles. The van der Waals surface area contributed by atoms with Gasteiger partial charge in [-0.15, -0.1) is 0 Å². The molecule has 122 valence electrons. The third kappa shape index (κ3) is 2.94. The summed E-state index contributed by atoms with van der Waals surface area (Å²) in [5.74, 6) is -1.27. The summed E-state index contributed by atoms with van der Waals surface area (Å²) in [6, 6.07) is 3.28. The van der Waals surface area contributed by atoms with Gasteiger partial charge in [0.2, 0.25) is 0 Å².